The van der Waals surface area contributed by atoms with E-state index in [1.807, 2.05) is 123 Å². The highest BCUT2D eigenvalue weighted by atomic mass is 16.5. The molecule has 5 nitrogen and oxygen atoms in total. The molecule has 5 heteroatoms. The second-order valence-corrected chi connectivity index (χ2v) is 7.84. The third-order valence-corrected chi connectivity index (χ3v) is 5.62. The molecule has 0 aliphatic heterocycles. The molecule has 0 aromatic heterocycles. The number of benzene rings is 4. The van der Waals surface area contributed by atoms with E-state index in [0.717, 1.165) is 12.0 Å². The predicted octanol–water partition coefficient (Wildman–Crippen LogP) is 6.68. The molecule has 0 atom stereocenters. The van der Waals surface area contributed by atoms with Gasteiger partial charge in [-0.2, -0.15) is 0 Å². The van der Waals surface area contributed by atoms with Crippen molar-refractivity contribution in [2.24, 2.45) is 0 Å². The lowest BCUT2D eigenvalue weighted by Crippen LogP contribution is -2.42. The normalized spacial score (nSPS) is 10.5. The summed E-state index contributed by atoms with van der Waals surface area (Å²) in [5, 5.41) is 0. The Labute approximate surface area is 206 Å². The summed E-state index contributed by atoms with van der Waals surface area (Å²) in [6.45, 7) is 4.38. The van der Waals surface area contributed by atoms with Crippen molar-refractivity contribution in [3.05, 3.63) is 115 Å². The number of anilines is 4. The summed E-state index contributed by atoms with van der Waals surface area (Å²) in [7, 11) is 0. The number of amides is 2. The van der Waals surface area contributed by atoms with Crippen molar-refractivity contribution in [1.29, 1.82) is 0 Å². The van der Waals surface area contributed by atoms with Crippen molar-refractivity contribution in [3.8, 4) is 5.75 Å². The Hall–Kier alpha value is -4.38. The van der Waals surface area contributed by atoms with Gasteiger partial charge in [-0.15, -0.1) is 0 Å². The van der Waals surface area contributed by atoms with Crippen LogP contribution in [0.15, 0.2) is 109 Å². The van der Waals surface area contributed by atoms with Gasteiger partial charge in [-0.3, -0.25) is 19.4 Å². The molecule has 4 aromatic carbocycles. The van der Waals surface area contributed by atoms with Gasteiger partial charge in [-0.05, 0) is 61.4 Å². The van der Waals surface area contributed by atoms with Crippen LogP contribution in [0.1, 0.15) is 19.4 Å². The van der Waals surface area contributed by atoms with E-state index < -0.39 is 11.8 Å². The van der Waals surface area contributed by atoms with Crippen LogP contribution in [0.4, 0.5) is 22.7 Å². The fourth-order valence-corrected chi connectivity index (χ4v) is 4.01. The van der Waals surface area contributed by atoms with Crippen molar-refractivity contribution in [2.75, 3.05) is 16.4 Å². The Morgan fingerprint density at radius 3 is 1.51 bits per heavy atom. The summed E-state index contributed by atoms with van der Waals surface area (Å²) >= 11 is 0. The number of hydrogen-bond donors (Lipinski definition) is 0. The van der Waals surface area contributed by atoms with Crippen LogP contribution in [0.2, 0.25) is 0 Å². The molecule has 0 unspecified atom stereocenters. The number of aryl methyl sites for hydroxylation is 1. The molecule has 2 amide bonds. The minimum absolute atomic E-state index is 0.439. The molecule has 0 spiro atoms. The van der Waals surface area contributed by atoms with Gasteiger partial charge in [0.15, 0.2) is 0 Å². The maximum Gasteiger partial charge on any atom is 0.321 e. The summed E-state index contributed by atoms with van der Waals surface area (Å²) in [4.78, 5) is 30.9. The standard InChI is InChI=1S/C30H28N2O3/c1-3-23-15-14-22-27(28(23)35-4-2)32(26-20-12-7-13-21-26)30(34)29(33)31(24-16-8-5-9-17-24)25-18-10-6-11-19-25/h5-22H,3-4H2,1-2H3. The molecule has 4 rings (SSSR count). The van der Waals surface area contributed by atoms with E-state index in [2.05, 4.69) is 0 Å². The van der Waals surface area contributed by atoms with Gasteiger partial charge in [-0.1, -0.05) is 73.7 Å². The monoisotopic (exact) mass is 464 g/mol. The molecule has 0 aliphatic carbocycles. The lowest BCUT2D eigenvalue weighted by atomic mass is 10.1. The van der Waals surface area contributed by atoms with Gasteiger partial charge in [0.2, 0.25) is 0 Å². The Balaban J connectivity index is 1.86. The van der Waals surface area contributed by atoms with Crippen LogP contribution < -0.4 is 14.5 Å². The first-order valence-corrected chi connectivity index (χ1v) is 11.7. The first kappa shape index (κ1) is 23.8. The third-order valence-electron chi connectivity index (χ3n) is 5.62. The predicted molar refractivity (Wildman–Crippen MR) is 141 cm³/mol. The molecule has 0 fully saturated rings. The fourth-order valence-electron chi connectivity index (χ4n) is 4.01. The summed E-state index contributed by atoms with van der Waals surface area (Å²) < 4.78 is 6.00. The average Bonchev–Trinajstić information content (AvgIpc) is 2.91. The lowest BCUT2D eigenvalue weighted by Gasteiger charge is -2.29. The van der Waals surface area contributed by atoms with Crippen LogP contribution in [0.3, 0.4) is 0 Å². The van der Waals surface area contributed by atoms with E-state index >= 15 is 0 Å². The molecule has 0 saturated heterocycles. The molecule has 4 aromatic rings. The van der Waals surface area contributed by atoms with Crippen molar-refractivity contribution in [1.82, 2.24) is 0 Å². The van der Waals surface area contributed by atoms with Gasteiger partial charge in [0, 0.05) is 17.1 Å². The van der Waals surface area contributed by atoms with Crippen molar-refractivity contribution < 1.29 is 14.3 Å². The lowest BCUT2D eigenvalue weighted by molar-refractivity contribution is -0.135. The molecule has 0 bridgehead atoms. The number of ether oxygens (including phenoxy) is 1. The SMILES string of the molecule is CCOc1c(CC)cccc1N(C(=O)C(=O)N(c1ccccc1)c1ccccc1)c1ccccc1. The number of para-hydroxylation sites is 4. The maximum atomic E-state index is 14.1. The molecule has 0 heterocycles. The highest BCUT2D eigenvalue weighted by Crippen LogP contribution is 2.38. The van der Waals surface area contributed by atoms with Crippen LogP contribution in [-0.4, -0.2) is 18.4 Å². The maximum absolute atomic E-state index is 14.1. The molecule has 176 valence electrons. The first-order chi connectivity index (χ1) is 17.2. The Morgan fingerprint density at radius 1 is 0.600 bits per heavy atom. The zero-order chi connectivity index (χ0) is 24.6. The van der Waals surface area contributed by atoms with Crippen LogP contribution >= 0.6 is 0 Å². The van der Waals surface area contributed by atoms with E-state index in [4.69, 9.17) is 4.74 Å². The van der Waals surface area contributed by atoms with Gasteiger partial charge in [0.25, 0.3) is 0 Å². The number of nitrogens with zero attached hydrogens (tertiary/aromatic N) is 2. The molecule has 35 heavy (non-hydrogen) atoms. The highest BCUT2D eigenvalue weighted by molar-refractivity contribution is 6.47. The van der Waals surface area contributed by atoms with Crippen LogP contribution in [-0.2, 0) is 16.0 Å². The van der Waals surface area contributed by atoms with Crippen molar-refractivity contribution in [2.45, 2.75) is 20.3 Å². The van der Waals surface area contributed by atoms with Crippen molar-refractivity contribution in [3.63, 3.8) is 0 Å². The smallest absolute Gasteiger partial charge is 0.321 e. The number of carbonyl (C=O) groups excluding carboxylic acids is 2. The zero-order valence-corrected chi connectivity index (χ0v) is 19.9. The van der Waals surface area contributed by atoms with Gasteiger partial charge >= 0.3 is 11.8 Å². The van der Waals surface area contributed by atoms with E-state index in [-0.39, 0.29) is 0 Å². The van der Waals surface area contributed by atoms with Crippen molar-refractivity contribution >= 4 is 34.6 Å². The largest absolute Gasteiger partial charge is 0.491 e. The van der Waals surface area contributed by atoms with Crippen LogP contribution in [0.25, 0.3) is 0 Å². The van der Waals surface area contributed by atoms with Gasteiger partial charge in [0.1, 0.15) is 5.75 Å². The number of carbonyl (C=O) groups is 2. The summed E-state index contributed by atoms with van der Waals surface area (Å²) in [5.41, 5.74) is 3.31. The number of rotatable bonds is 7. The molecule has 0 aliphatic rings. The van der Waals surface area contributed by atoms with Gasteiger partial charge < -0.3 is 4.74 Å². The minimum atomic E-state index is -0.682. The number of hydrogen-bond acceptors (Lipinski definition) is 3. The second-order valence-electron chi connectivity index (χ2n) is 7.84. The van der Waals surface area contributed by atoms with Crippen LogP contribution in [0, 0.1) is 0 Å². The van der Waals surface area contributed by atoms with Gasteiger partial charge in [0.05, 0.1) is 12.3 Å². The molecule has 0 N–H and O–H groups in total. The summed E-state index contributed by atoms with van der Waals surface area (Å²) in [6.07, 6.45) is 0.730. The Bertz CT molecular complexity index is 1240. The molecule has 0 radical (unpaired) electrons. The quantitative estimate of drug-likeness (QED) is 0.287. The van der Waals surface area contributed by atoms with E-state index in [1.54, 1.807) is 0 Å². The van der Waals surface area contributed by atoms with E-state index in [1.165, 1.54) is 9.80 Å². The topological polar surface area (TPSA) is 49.9 Å². The van der Waals surface area contributed by atoms with E-state index in [9.17, 15) is 9.59 Å². The first-order valence-electron chi connectivity index (χ1n) is 11.7. The van der Waals surface area contributed by atoms with E-state index in [0.29, 0.717) is 35.1 Å². The molecular formula is C30H28N2O3. The zero-order valence-electron chi connectivity index (χ0n) is 19.9. The summed E-state index contributed by atoms with van der Waals surface area (Å²) in [5.74, 6) is -0.748. The molecular weight excluding hydrogens is 436 g/mol. The fraction of sp³-hybridized carbons (Fsp3) is 0.133. The van der Waals surface area contributed by atoms with Gasteiger partial charge in [-0.25, -0.2) is 0 Å². The average molecular weight is 465 g/mol. The minimum Gasteiger partial charge on any atom is -0.491 e. The Kier molecular flexibility index (Phi) is 7.58. The van der Waals surface area contributed by atoms with Crippen LogP contribution in [0.5, 0.6) is 5.75 Å². The molecule has 0 saturated carbocycles. The highest BCUT2D eigenvalue weighted by Gasteiger charge is 2.33. The second kappa shape index (κ2) is 11.2. The Morgan fingerprint density at radius 2 is 1.06 bits per heavy atom. The third kappa shape index (κ3) is 5.09. The summed E-state index contributed by atoms with van der Waals surface area (Å²) in [6, 6.07) is 33.2.